The largest absolute Gasteiger partial charge is 0.467 e. The fourth-order valence-corrected chi connectivity index (χ4v) is 2.47. The number of rotatable bonds is 6. The predicted octanol–water partition coefficient (Wildman–Crippen LogP) is 2.28. The van der Waals surface area contributed by atoms with Gasteiger partial charge in [-0.2, -0.15) is 5.26 Å². The Bertz CT molecular complexity index is 842. The maximum Gasteiger partial charge on any atom is 0.328 e. The summed E-state index contributed by atoms with van der Waals surface area (Å²) in [5.41, 5.74) is 0.518. The van der Waals surface area contributed by atoms with Crippen LogP contribution in [0.25, 0.3) is 0 Å². The molecule has 0 heterocycles. The lowest BCUT2D eigenvalue weighted by Gasteiger charge is -2.17. The molecule has 0 aromatic heterocycles. The van der Waals surface area contributed by atoms with Crippen molar-refractivity contribution in [3.05, 3.63) is 70.8 Å². The van der Waals surface area contributed by atoms with Crippen molar-refractivity contribution in [1.82, 2.24) is 5.32 Å². The van der Waals surface area contributed by atoms with Crippen LogP contribution in [0.4, 0.5) is 8.78 Å². The van der Waals surface area contributed by atoms with E-state index < -0.39 is 36.0 Å². The van der Waals surface area contributed by atoms with Gasteiger partial charge in [0.1, 0.15) is 17.7 Å². The van der Waals surface area contributed by atoms with Crippen LogP contribution in [0.2, 0.25) is 0 Å². The number of ether oxygens (including phenoxy) is 1. The number of methoxy groups -OCH3 is 1. The molecule has 0 saturated heterocycles. The normalized spacial score (nSPS) is 11.3. The summed E-state index contributed by atoms with van der Waals surface area (Å²) in [5, 5.41) is 11.5. The van der Waals surface area contributed by atoms with Crippen LogP contribution in [-0.4, -0.2) is 25.0 Å². The molecule has 0 bridgehead atoms. The average molecular weight is 358 g/mol. The lowest BCUT2D eigenvalue weighted by Crippen LogP contribution is -2.44. The molecule has 0 aliphatic rings. The molecule has 0 unspecified atom stereocenters. The zero-order valence-electron chi connectivity index (χ0n) is 14.0. The molecule has 5 nitrogen and oxygen atoms in total. The number of benzene rings is 2. The summed E-state index contributed by atoms with van der Waals surface area (Å²) in [7, 11) is 1.16. The highest BCUT2D eigenvalue weighted by atomic mass is 19.1. The Morgan fingerprint density at radius 3 is 2.42 bits per heavy atom. The third-order valence-corrected chi connectivity index (χ3v) is 3.78. The Labute approximate surface area is 149 Å². The monoisotopic (exact) mass is 358 g/mol. The molecule has 26 heavy (non-hydrogen) atoms. The number of carbonyl (C=O) groups is 2. The Balaban J connectivity index is 2.16. The fourth-order valence-electron chi connectivity index (χ4n) is 2.47. The molecule has 0 saturated carbocycles. The number of nitrogens with one attached hydrogen (secondary N) is 1. The summed E-state index contributed by atoms with van der Waals surface area (Å²) in [4.78, 5) is 24.1. The minimum Gasteiger partial charge on any atom is -0.467 e. The van der Waals surface area contributed by atoms with Gasteiger partial charge in [0.2, 0.25) is 5.91 Å². The molecule has 0 radical (unpaired) electrons. The second-order valence-corrected chi connectivity index (χ2v) is 5.49. The molecule has 0 aliphatic carbocycles. The van der Waals surface area contributed by atoms with Crippen LogP contribution in [0.1, 0.15) is 16.7 Å². The number of esters is 1. The Morgan fingerprint density at radius 1 is 1.15 bits per heavy atom. The third kappa shape index (κ3) is 4.63. The van der Waals surface area contributed by atoms with Crippen LogP contribution in [0.15, 0.2) is 42.5 Å². The van der Waals surface area contributed by atoms with Crippen LogP contribution in [-0.2, 0) is 27.2 Å². The highest BCUT2D eigenvalue weighted by molar-refractivity contribution is 5.86. The quantitative estimate of drug-likeness (QED) is 0.804. The highest BCUT2D eigenvalue weighted by Gasteiger charge is 2.24. The highest BCUT2D eigenvalue weighted by Crippen LogP contribution is 2.14. The first-order chi connectivity index (χ1) is 12.5. The van der Waals surface area contributed by atoms with E-state index in [1.165, 1.54) is 6.07 Å². The first kappa shape index (κ1) is 19.1. The Hall–Kier alpha value is -3.27. The number of halogens is 2. The van der Waals surface area contributed by atoms with E-state index in [1.54, 1.807) is 24.3 Å². The van der Waals surface area contributed by atoms with Crippen molar-refractivity contribution in [2.24, 2.45) is 0 Å². The van der Waals surface area contributed by atoms with Crippen molar-refractivity contribution in [3.63, 3.8) is 0 Å². The van der Waals surface area contributed by atoms with Gasteiger partial charge in [0.05, 0.1) is 25.2 Å². The van der Waals surface area contributed by atoms with E-state index in [0.29, 0.717) is 11.1 Å². The maximum atomic E-state index is 13.7. The van der Waals surface area contributed by atoms with Gasteiger partial charge in [0.15, 0.2) is 0 Å². The van der Waals surface area contributed by atoms with E-state index in [9.17, 15) is 18.4 Å². The van der Waals surface area contributed by atoms with Gasteiger partial charge in [-0.05, 0) is 23.8 Å². The number of hydrogen-bond acceptors (Lipinski definition) is 4. The van der Waals surface area contributed by atoms with Gasteiger partial charge in [-0.25, -0.2) is 13.6 Å². The summed E-state index contributed by atoms with van der Waals surface area (Å²) in [6, 6.07) is 10.8. The van der Waals surface area contributed by atoms with Crippen LogP contribution >= 0.6 is 0 Å². The maximum absolute atomic E-state index is 13.7. The third-order valence-electron chi connectivity index (χ3n) is 3.78. The summed E-state index contributed by atoms with van der Waals surface area (Å²) in [5.74, 6) is -3.15. The van der Waals surface area contributed by atoms with Crippen LogP contribution in [0, 0.1) is 23.0 Å². The minimum absolute atomic E-state index is 0.0158. The second-order valence-electron chi connectivity index (χ2n) is 5.49. The zero-order chi connectivity index (χ0) is 19.1. The molecule has 1 atom stereocenters. The van der Waals surface area contributed by atoms with Crippen molar-refractivity contribution in [2.75, 3.05) is 7.11 Å². The summed E-state index contributed by atoms with van der Waals surface area (Å²) in [6.07, 6.45) is -0.548. The summed E-state index contributed by atoms with van der Waals surface area (Å²) < 4.78 is 32.0. The molecular weight excluding hydrogens is 342 g/mol. The lowest BCUT2D eigenvalue weighted by atomic mass is 10.0. The topological polar surface area (TPSA) is 79.2 Å². The van der Waals surface area contributed by atoms with Crippen LogP contribution in [0.3, 0.4) is 0 Å². The van der Waals surface area contributed by atoms with E-state index in [0.717, 1.165) is 19.2 Å². The van der Waals surface area contributed by atoms with E-state index in [2.05, 4.69) is 10.1 Å². The van der Waals surface area contributed by atoms with Gasteiger partial charge < -0.3 is 10.1 Å². The molecule has 0 spiro atoms. The van der Waals surface area contributed by atoms with E-state index in [1.807, 2.05) is 6.07 Å². The van der Waals surface area contributed by atoms with Gasteiger partial charge in [0, 0.05) is 12.0 Å². The minimum atomic E-state index is -1.09. The molecular formula is C19H16F2N2O3. The van der Waals surface area contributed by atoms with E-state index in [4.69, 9.17) is 5.26 Å². The predicted molar refractivity (Wildman–Crippen MR) is 88.9 cm³/mol. The Kier molecular flexibility index (Phi) is 6.39. The molecule has 0 fully saturated rings. The number of amides is 1. The second kappa shape index (κ2) is 8.72. The van der Waals surface area contributed by atoms with Crippen molar-refractivity contribution < 1.29 is 23.1 Å². The molecule has 2 aromatic carbocycles. The SMILES string of the molecule is COC(=O)[C@@H](Cc1ccccc1C#N)NC(=O)Cc1c(F)cccc1F. The average Bonchev–Trinajstić information content (AvgIpc) is 2.64. The number of carbonyl (C=O) groups excluding carboxylic acids is 2. The van der Waals surface area contributed by atoms with E-state index >= 15 is 0 Å². The smallest absolute Gasteiger partial charge is 0.328 e. The van der Waals surface area contributed by atoms with Crippen molar-refractivity contribution in [1.29, 1.82) is 5.26 Å². The fraction of sp³-hybridized carbons (Fsp3) is 0.211. The summed E-state index contributed by atoms with van der Waals surface area (Å²) >= 11 is 0. The summed E-state index contributed by atoms with van der Waals surface area (Å²) in [6.45, 7) is 0. The first-order valence-electron chi connectivity index (χ1n) is 7.74. The van der Waals surface area contributed by atoms with Crippen LogP contribution < -0.4 is 5.32 Å². The van der Waals surface area contributed by atoms with Crippen molar-refractivity contribution in [3.8, 4) is 6.07 Å². The van der Waals surface area contributed by atoms with Gasteiger partial charge in [-0.1, -0.05) is 24.3 Å². The molecule has 2 aromatic rings. The van der Waals surface area contributed by atoms with Gasteiger partial charge in [0.25, 0.3) is 0 Å². The molecule has 7 heteroatoms. The van der Waals surface area contributed by atoms with Gasteiger partial charge in [-0.3, -0.25) is 4.79 Å². The standard InChI is InChI=1S/C19H16F2N2O3/c1-26-19(25)17(9-12-5-2-3-6-13(12)11-22)23-18(24)10-14-15(20)7-4-8-16(14)21/h2-8,17H,9-10H2,1H3,(H,23,24)/t17-/m1/s1. The lowest BCUT2D eigenvalue weighted by molar-refractivity contribution is -0.145. The van der Waals surface area contributed by atoms with Crippen molar-refractivity contribution in [2.45, 2.75) is 18.9 Å². The molecule has 134 valence electrons. The van der Waals surface area contributed by atoms with Crippen LogP contribution in [0.5, 0.6) is 0 Å². The molecule has 0 aliphatic heterocycles. The van der Waals surface area contributed by atoms with Gasteiger partial charge in [-0.15, -0.1) is 0 Å². The number of hydrogen-bond donors (Lipinski definition) is 1. The molecule has 1 amide bonds. The van der Waals surface area contributed by atoms with E-state index in [-0.39, 0.29) is 12.0 Å². The van der Waals surface area contributed by atoms with Gasteiger partial charge >= 0.3 is 5.97 Å². The molecule has 2 rings (SSSR count). The first-order valence-corrected chi connectivity index (χ1v) is 7.74. The van der Waals surface area contributed by atoms with Crippen molar-refractivity contribution >= 4 is 11.9 Å². The molecule has 1 N–H and O–H groups in total. The zero-order valence-corrected chi connectivity index (χ0v) is 14.0. The number of nitrogens with zero attached hydrogens (tertiary/aromatic N) is 1. The Morgan fingerprint density at radius 2 is 1.81 bits per heavy atom. The number of nitriles is 1.